The number of aliphatic imine (C=N–C) groups is 1. The summed E-state index contributed by atoms with van der Waals surface area (Å²) in [5, 5.41) is 6.52. The molecular weight excluding hydrogens is 425 g/mol. The van der Waals surface area contributed by atoms with E-state index in [1.807, 2.05) is 6.08 Å². The van der Waals surface area contributed by atoms with E-state index in [1.54, 1.807) is 0 Å². The van der Waals surface area contributed by atoms with Gasteiger partial charge in [0.05, 0.1) is 6.54 Å². The second kappa shape index (κ2) is 12.1. The van der Waals surface area contributed by atoms with Gasteiger partial charge in [-0.1, -0.05) is 24.3 Å². The van der Waals surface area contributed by atoms with Gasteiger partial charge in [0.15, 0.2) is 5.96 Å². The third-order valence-electron chi connectivity index (χ3n) is 4.33. The quantitative estimate of drug-likeness (QED) is 0.286. The lowest BCUT2D eigenvalue weighted by Gasteiger charge is -2.38. The SMILES string of the molecule is C=CCNC(=NCC(C)N1CCN(c2ccccc2)CC1)NCC.I. The second-order valence-corrected chi connectivity index (χ2v) is 6.10. The van der Waals surface area contributed by atoms with Gasteiger partial charge in [-0.05, 0) is 26.0 Å². The normalized spacial score (nSPS) is 16.7. The highest BCUT2D eigenvalue weighted by Gasteiger charge is 2.21. The smallest absolute Gasteiger partial charge is 0.191 e. The minimum Gasteiger partial charge on any atom is -0.369 e. The van der Waals surface area contributed by atoms with E-state index >= 15 is 0 Å². The number of para-hydroxylation sites is 1. The van der Waals surface area contributed by atoms with Crippen LogP contribution in [0.5, 0.6) is 0 Å². The third-order valence-corrected chi connectivity index (χ3v) is 4.33. The number of nitrogens with zero attached hydrogens (tertiary/aromatic N) is 3. The molecule has 1 atom stereocenters. The van der Waals surface area contributed by atoms with E-state index in [4.69, 9.17) is 4.99 Å². The molecule has 0 aromatic heterocycles. The van der Waals surface area contributed by atoms with Crippen LogP contribution >= 0.6 is 24.0 Å². The van der Waals surface area contributed by atoms with Crippen molar-refractivity contribution in [2.24, 2.45) is 4.99 Å². The van der Waals surface area contributed by atoms with Crippen LogP contribution in [0.2, 0.25) is 0 Å². The summed E-state index contributed by atoms with van der Waals surface area (Å²) in [5.74, 6) is 0.868. The molecule has 1 aliphatic heterocycles. The van der Waals surface area contributed by atoms with Crippen LogP contribution < -0.4 is 15.5 Å². The predicted octanol–water partition coefficient (Wildman–Crippen LogP) is 2.56. The van der Waals surface area contributed by atoms with Gasteiger partial charge in [0, 0.05) is 51.0 Å². The van der Waals surface area contributed by atoms with Crippen LogP contribution in [0.4, 0.5) is 5.69 Å². The summed E-state index contributed by atoms with van der Waals surface area (Å²) in [4.78, 5) is 9.68. The Kier molecular flexibility index (Phi) is 10.6. The summed E-state index contributed by atoms with van der Waals surface area (Å²) in [6.45, 7) is 14.8. The Labute approximate surface area is 169 Å². The van der Waals surface area contributed by atoms with Crippen molar-refractivity contribution in [2.45, 2.75) is 19.9 Å². The van der Waals surface area contributed by atoms with Crippen LogP contribution in [0.3, 0.4) is 0 Å². The molecule has 2 rings (SSSR count). The summed E-state index contributed by atoms with van der Waals surface area (Å²) < 4.78 is 0. The fourth-order valence-corrected chi connectivity index (χ4v) is 2.91. The maximum Gasteiger partial charge on any atom is 0.191 e. The highest BCUT2D eigenvalue weighted by atomic mass is 127. The van der Waals surface area contributed by atoms with Crippen molar-refractivity contribution in [1.82, 2.24) is 15.5 Å². The Balaban J connectivity index is 0.00000312. The zero-order valence-electron chi connectivity index (χ0n) is 15.4. The summed E-state index contributed by atoms with van der Waals surface area (Å²) >= 11 is 0. The van der Waals surface area contributed by atoms with Crippen LogP contribution in [0.15, 0.2) is 48.0 Å². The maximum atomic E-state index is 4.69. The number of rotatable bonds is 7. The molecule has 1 unspecified atom stereocenters. The lowest BCUT2D eigenvalue weighted by Crippen LogP contribution is -2.50. The molecule has 140 valence electrons. The molecule has 1 aromatic carbocycles. The highest BCUT2D eigenvalue weighted by Crippen LogP contribution is 2.16. The van der Waals surface area contributed by atoms with E-state index in [9.17, 15) is 0 Å². The van der Waals surface area contributed by atoms with E-state index in [-0.39, 0.29) is 24.0 Å². The molecule has 1 aromatic rings. The zero-order chi connectivity index (χ0) is 17.2. The standard InChI is InChI=1S/C19H31N5.HI/c1-4-11-21-19(20-5-2)22-16-17(3)23-12-14-24(15-13-23)18-9-7-6-8-10-18;/h4,6-10,17H,1,5,11-16H2,2-3H3,(H2,20,21,22);1H. The zero-order valence-corrected chi connectivity index (χ0v) is 17.8. The topological polar surface area (TPSA) is 42.9 Å². The molecule has 2 N–H and O–H groups in total. The number of hydrogen-bond donors (Lipinski definition) is 2. The van der Waals surface area contributed by atoms with Gasteiger partial charge in [0.2, 0.25) is 0 Å². The largest absolute Gasteiger partial charge is 0.369 e. The van der Waals surface area contributed by atoms with E-state index in [2.05, 4.69) is 71.2 Å². The fraction of sp³-hybridized carbons (Fsp3) is 0.526. The van der Waals surface area contributed by atoms with Crippen LogP contribution in [0, 0.1) is 0 Å². The van der Waals surface area contributed by atoms with Gasteiger partial charge in [-0.3, -0.25) is 9.89 Å². The van der Waals surface area contributed by atoms with Crippen LogP contribution in [-0.4, -0.2) is 62.7 Å². The van der Waals surface area contributed by atoms with Crippen LogP contribution in [0.25, 0.3) is 0 Å². The first kappa shape index (κ1) is 21.8. The molecule has 1 aliphatic rings. The predicted molar refractivity (Wildman–Crippen MR) is 119 cm³/mol. The Morgan fingerprint density at radius 1 is 1.20 bits per heavy atom. The number of halogens is 1. The van der Waals surface area contributed by atoms with Crippen molar-refractivity contribution in [2.75, 3.05) is 50.7 Å². The number of piperazine rings is 1. The summed E-state index contributed by atoms with van der Waals surface area (Å²) in [7, 11) is 0. The molecule has 5 nitrogen and oxygen atoms in total. The molecule has 6 heteroatoms. The number of nitrogens with one attached hydrogen (secondary N) is 2. The van der Waals surface area contributed by atoms with Gasteiger partial charge >= 0.3 is 0 Å². The van der Waals surface area contributed by atoms with Gasteiger partial charge in [0.25, 0.3) is 0 Å². The Morgan fingerprint density at radius 2 is 1.88 bits per heavy atom. The van der Waals surface area contributed by atoms with Gasteiger partial charge in [-0.25, -0.2) is 0 Å². The molecule has 0 saturated carbocycles. The van der Waals surface area contributed by atoms with Crippen molar-refractivity contribution in [3.8, 4) is 0 Å². The molecule has 0 spiro atoms. The molecule has 0 amide bonds. The average Bonchev–Trinajstić information content (AvgIpc) is 2.64. The third kappa shape index (κ3) is 7.23. The van der Waals surface area contributed by atoms with Crippen molar-refractivity contribution in [3.05, 3.63) is 43.0 Å². The van der Waals surface area contributed by atoms with Crippen LogP contribution in [0.1, 0.15) is 13.8 Å². The maximum absolute atomic E-state index is 4.69. The Morgan fingerprint density at radius 3 is 2.48 bits per heavy atom. The molecule has 0 radical (unpaired) electrons. The van der Waals surface area contributed by atoms with E-state index < -0.39 is 0 Å². The fourth-order valence-electron chi connectivity index (χ4n) is 2.91. The lowest BCUT2D eigenvalue weighted by molar-refractivity contribution is 0.201. The van der Waals surface area contributed by atoms with Gasteiger partial charge in [-0.15, -0.1) is 30.6 Å². The summed E-state index contributed by atoms with van der Waals surface area (Å²) in [6.07, 6.45) is 1.85. The first-order valence-electron chi connectivity index (χ1n) is 8.91. The lowest BCUT2D eigenvalue weighted by atomic mass is 10.2. The van der Waals surface area contributed by atoms with Crippen LogP contribution in [-0.2, 0) is 0 Å². The minimum absolute atomic E-state index is 0. The second-order valence-electron chi connectivity index (χ2n) is 6.10. The molecule has 0 bridgehead atoms. The van der Waals surface area contributed by atoms with Crippen molar-refractivity contribution >= 4 is 35.6 Å². The number of benzene rings is 1. The van der Waals surface area contributed by atoms with E-state index in [0.29, 0.717) is 6.04 Å². The van der Waals surface area contributed by atoms with Gasteiger partial charge < -0.3 is 15.5 Å². The molecular formula is C19H32IN5. The number of anilines is 1. The van der Waals surface area contributed by atoms with Gasteiger partial charge in [0.1, 0.15) is 0 Å². The van der Waals surface area contributed by atoms with E-state index in [0.717, 1.165) is 51.8 Å². The Bertz CT molecular complexity index is 512. The number of hydrogen-bond acceptors (Lipinski definition) is 3. The van der Waals surface area contributed by atoms with Crippen molar-refractivity contribution in [1.29, 1.82) is 0 Å². The summed E-state index contributed by atoms with van der Waals surface area (Å²) in [5.41, 5.74) is 1.32. The summed E-state index contributed by atoms with van der Waals surface area (Å²) in [6, 6.07) is 11.1. The molecule has 0 aliphatic carbocycles. The number of guanidine groups is 1. The molecule has 1 fully saturated rings. The first-order valence-corrected chi connectivity index (χ1v) is 8.91. The van der Waals surface area contributed by atoms with E-state index in [1.165, 1.54) is 5.69 Å². The monoisotopic (exact) mass is 457 g/mol. The molecule has 25 heavy (non-hydrogen) atoms. The van der Waals surface area contributed by atoms with Crippen molar-refractivity contribution in [3.63, 3.8) is 0 Å². The first-order chi connectivity index (χ1) is 11.7. The Hall–Kier alpha value is -1.28. The highest BCUT2D eigenvalue weighted by molar-refractivity contribution is 14.0. The minimum atomic E-state index is 0. The van der Waals surface area contributed by atoms with Crippen molar-refractivity contribution < 1.29 is 0 Å². The molecule has 1 heterocycles. The van der Waals surface area contributed by atoms with Gasteiger partial charge in [-0.2, -0.15) is 0 Å². The average molecular weight is 457 g/mol. The molecule has 1 saturated heterocycles.